The molecule has 0 unspecified atom stereocenters. The van der Waals surface area contributed by atoms with Crippen molar-refractivity contribution in [3.05, 3.63) is 99.2 Å². The molecule has 5 nitrogen and oxygen atoms in total. The largest absolute Gasteiger partial charge is 0.322 e. The molecule has 0 aliphatic heterocycles. The summed E-state index contributed by atoms with van der Waals surface area (Å²) in [5.74, 6) is -0.0308. The minimum Gasteiger partial charge on any atom is -0.322 e. The normalized spacial score (nSPS) is 13.1. The Kier molecular flexibility index (Phi) is 6.55. The number of para-hydroxylation sites is 1. The van der Waals surface area contributed by atoms with Crippen molar-refractivity contribution >= 4 is 34.8 Å². The van der Waals surface area contributed by atoms with Crippen LogP contribution < -0.4 is 10.7 Å². The number of nitrogens with zero attached hydrogens (tertiary/aromatic N) is 2. The maximum atomic E-state index is 13.6. The highest BCUT2D eigenvalue weighted by Crippen LogP contribution is 2.39. The molecule has 0 spiro atoms. The van der Waals surface area contributed by atoms with Gasteiger partial charge >= 0.3 is 0 Å². The van der Waals surface area contributed by atoms with E-state index in [0.717, 1.165) is 58.2 Å². The highest BCUT2D eigenvalue weighted by Gasteiger charge is 2.28. The molecule has 1 aliphatic carbocycles. The second-order valence-electron chi connectivity index (χ2n) is 9.11. The van der Waals surface area contributed by atoms with E-state index in [-0.39, 0.29) is 5.91 Å². The summed E-state index contributed by atoms with van der Waals surface area (Å²) in [6.45, 7) is 6.24. The van der Waals surface area contributed by atoms with Gasteiger partial charge in [-0.05, 0) is 82.3 Å². The van der Waals surface area contributed by atoms with Crippen molar-refractivity contribution in [1.82, 2.24) is 4.57 Å². The Morgan fingerprint density at radius 2 is 1.71 bits per heavy atom. The quantitative estimate of drug-likeness (QED) is 0.229. The molecule has 2 N–H and O–H groups in total. The first-order chi connectivity index (χ1) is 17.0. The third kappa shape index (κ3) is 4.80. The lowest BCUT2D eigenvalue weighted by Gasteiger charge is -2.14. The standard InChI is InChI=1S/C29H30N4OS/c1-19-13-15-23(16-14-19)31-28(34)27-25-11-7-8-12-26(25)35-29(27)33-20(2)17-22(21(33)3)18-30-32-24-9-5-4-6-10-24/h4-6,9-10,13-18,32H,7-8,11-12H2,1-3H3,(H,31,34)/b30-18-. The van der Waals surface area contributed by atoms with E-state index in [1.54, 1.807) is 11.3 Å². The predicted octanol–water partition coefficient (Wildman–Crippen LogP) is 7.04. The lowest BCUT2D eigenvalue weighted by Crippen LogP contribution is -2.17. The van der Waals surface area contributed by atoms with Gasteiger partial charge in [-0.25, -0.2) is 0 Å². The van der Waals surface area contributed by atoms with Gasteiger partial charge in [-0.3, -0.25) is 10.2 Å². The minimum atomic E-state index is -0.0308. The molecule has 2 heterocycles. The smallest absolute Gasteiger partial charge is 0.258 e. The molecule has 0 fully saturated rings. The molecular weight excluding hydrogens is 452 g/mol. The molecule has 6 heteroatoms. The topological polar surface area (TPSA) is 58.4 Å². The maximum absolute atomic E-state index is 13.6. The number of thiophene rings is 1. The molecule has 1 amide bonds. The Morgan fingerprint density at radius 1 is 0.971 bits per heavy atom. The Labute approximate surface area is 210 Å². The van der Waals surface area contributed by atoms with Crippen molar-refractivity contribution in [2.75, 3.05) is 10.7 Å². The van der Waals surface area contributed by atoms with Crippen LogP contribution in [-0.2, 0) is 12.8 Å². The van der Waals surface area contributed by atoms with Gasteiger partial charge in [0.05, 0.1) is 17.5 Å². The van der Waals surface area contributed by atoms with Crippen LogP contribution in [0.1, 0.15) is 56.2 Å². The van der Waals surface area contributed by atoms with E-state index in [1.165, 1.54) is 22.4 Å². The molecule has 2 aromatic heterocycles. The van der Waals surface area contributed by atoms with Crippen molar-refractivity contribution in [3.8, 4) is 5.00 Å². The molecule has 4 aromatic rings. The SMILES string of the molecule is Cc1ccc(NC(=O)c2c(-n3c(C)cc(/C=N\Nc4ccccc4)c3C)sc3c2CCCC3)cc1. The summed E-state index contributed by atoms with van der Waals surface area (Å²) in [6.07, 6.45) is 6.15. The second-order valence-corrected chi connectivity index (χ2v) is 10.2. The van der Waals surface area contributed by atoms with Gasteiger partial charge in [0.1, 0.15) is 5.00 Å². The first-order valence-electron chi connectivity index (χ1n) is 12.1. The molecule has 35 heavy (non-hydrogen) atoms. The molecule has 0 bridgehead atoms. The van der Waals surface area contributed by atoms with Crippen LogP contribution in [0, 0.1) is 20.8 Å². The van der Waals surface area contributed by atoms with E-state index in [9.17, 15) is 4.79 Å². The Bertz CT molecular complexity index is 1380. The van der Waals surface area contributed by atoms with Crippen LogP contribution in [0.4, 0.5) is 11.4 Å². The van der Waals surface area contributed by atoms with Crippen LogP contribution in [0.2, 0.25) is 0 Å². The Hall–Kier alpha value is -3.64. The van der Waals surface area contributed by atoms with Gasteiger partial charge in [0.2, 0.25) is 0 Å². The van der Waals surface area contributed by atoms with E-state index >= 15 is 0 Å². The number of carbonyl (C=O) groups excluding carboxylic acids is 1. The highest BCUT2D eigenvalue weighted by atomic mass is 32.1. The summed E-state index contributed by atoms with van der Waals surface area (Å²) in [7, 11) is 0. The van der Waals surface area contributed by atoms with Gasteiger partial charge in [-0.15, -0.1) is 11.3 Å². The van der Waals surface area contributed by atoms with Crippen molar-refractivity contribution in [2.45, 2.75) is 46.5 Å². The number of anilines is 2. The molecule has 1 aliphatic rings. The molecule has 5 rings (SSSR count). The van der Waals surface area contributed by atoms with Crippen LogP contribution in [-0.4, -0.2) is 16.7 Å². The van der Waals surface area contributed by atoms with Gasteiger partial charge in [0, 0.05) is 27.5 Å². The molecular formula is C29H30N4OS. The highest BCUT2D eigenvalue weighted by molar-refractivity contribution is 7.15. The third-order valence-corrected chi connectivity index (χ3v) is 7.81. The monoisotopic (exact) mass is 482 g/mol. The number of benzene rings is 2. The van der Waals surface area contributed by atoms with Gasteiger partial charge in [0.25, 0.3) is 5.91 Å². The summed E-state index contributed by atoms with van der Waals surface area (Å²) in [5.41, 5.74) is 11.3. The molecule has 0 radical (unpaired) electrons. The maximum Gasteiger partial charge on any atom is 0.258 e. The first kappa shape index (κ1) is 23.1. The number of hydrogen-bond donors (Lipinski definition) is 2. The Balaban J connectivity index is 1.50. The number of aryl methyl sites for hydroxylation is 3. The number of aromatic nitrogens is 1. The fourth-order valence-electron chi connectivity index (χ4n) is 4.69. The number of fused-ring (bicyclic) bond motifs is 1. The third-order valence-electron chi connectivity index (χ3n) is 6.53. The van der Waals surface area contributed by atoms with Crippen LogP contribution in [0.25, 0.3) is 5.00 Å². The lowest BCUT2D eigenvalue weighted by atomic mass is 9.95. The van der Waals surface area contributed by atoms with Crippen LogP contribution in [0.3, 0.4) is 0 Å². The zero-order chi connectivity index (χ0) is 24.4. The Morgan fingerprint density at radius 3 is 2.49 bits per heavy atom. The molecule has 0 atom stereocenters. The summed E-state index contributed by atoms with van der Waals surface area (Å²) in [5, 5.41) is 8.60. The predicted molar refractivity (Wildman–Crippen MR) is 147 cm³/mol. The number of carbonyl (C=O) groups is 1. The van der Waals surface area contributed by atoms with Crippen molar-refractivity contribution in [3.63, 3.8) is 0 Å². The van der Waals surface area contributed by atoms with E-state index < -0.39 is 0 Å². The molecule has 0 saturated heterocycles. The van der Waals surface area contributed by atoms with Crippen LogP contribution in [0.5, 0.6) is 0 Å². The zero-order valence-corrected chi connectivity index (χ0v) is 21.2. The molecule has 178 valence electrons. The summed E-state index contributed by atoms with van der Waals surface area (Å²) < 4.78 is 2.22. The summed E-state index contributed by atoms with van der Waals surface area (Å²) >= 11 is 1.76. The van der Waals surface area contributed by atoms with Crippen LogP contribution in [0.15, 0.2) is 65.8 Å². The molecule has 0 saturated carbocycles. The zero-order valence-electron chi connectivity index (χ0n) is 20.4. The van der Waals surface area contributed by atoms with Crippen molar-refractivity contribution in [1.29, 1.82) is 0 Å². The fourth-order valence-corrected chi connectivity index (χ4v) is 6.19. The van der Waals surface area contributed by atoms with E-state index in [2.05, 4.69) is 40.3 Å². The summed E-state index contributed by atoms with van der Waals surface area (Å²) in [4.78, 5) is 15.0. The van der Waals surface area contributed by atoms with E-state index in [4.69, 9.17) is 0 Å². The number of amides is 1. The van der Waals surface area contributed by atoms with E-state index in [0.29, 0.717) is 0 Å². The van der Waals surface area contributed by atoms with E-state index in [1.807, 2.05) is 67.7 Å². The number of hydrazone groups is 1. The number of nitrogens with one attached hydrogen (secondary N) is 2. The van der Waals surface area contributed by atoms with Crippen molar-refractivity contribution in [2.24, 2.45) is 5.10 Å². The minimum absolute atomic E-state index is 0.0308. The van der Waals surface area contributed by atoms with Crippen molar-refractivity contribution < 1.29 is 4.79 Å². The van der Waals surface area contributed by atoms with Gasteiger partial charge < -0.3 is 9.88 Å². The average molecular weight is 483 g/mol. The second kappa shape index (κ2) is 9.92. The van der Waals surface area contributed by atoms with Gasteiger partial charge in [-0.2, -0.15) is 5.10 Å². The lowest BCUT2D eigenvalue weighted by molar-refractivity contribution is 0.102. The fraction of sp³-hybridized carbons (Fsp3) is 0.241. The average Bonchev–Trinajstić information content (AvgIpc) is 3.37. The summed E-state index contributed by atoms with van der Waals surface area (Å²) in [6, 6.07) is 20.0. The van der Waals surface area contributed by atoms with Crippen LogP contribution >= 0.6 is 11.3 Å². The number of hydrogen-bond acceptors (Lipinski definition) is 4. The van der Waals surface area contributed by atoms with Gasteiger partial charge in [-0.1, -0.05) is 35.9 Å². The molecule has 2 aromatic carbocycles. The van der Waals surface area contributed by atoms with Gasteiger partial charge in [0.15, 0.2) is 0 Å². The number of rotatable bonds is 6. The first-order valence-corrected chi connectivity index (χ1v) is 12.9.